The summed E-state index contributed by atoms with van der Waals surface area (Å²) in [7, 11) is 1.66. The maximum Gasteiger partial charge on any atom is 0.0847 e. The standard InChI is InChI=1S/C12H26O3/c1-11(2,3)10(14)9(13)7-8-12(4,5)15-6/h9-10,13-14H,7-8H2,1-6H3. The molecule has 0 aliphatic rings. The Bertz CT molecular complexity index is 182. The molecule has 0 aromatic rings. The molecule has 0 spiro atoms. The lowest BCUT2D eigenvalue weighted by atomic mass is 9.83. The molecule has 0 aliphatic heterocycles. The van der Waals surface area contributed by atoms with Crippen LogP contribution >= 0.6 is 0 Å². The van der Waals surface area contributed by atoms with Crippen LogP contribution in [0.5, 0.6) is 0 Å². The number of hydrogen-bond acceptors (Lipinski definition) is 3. The van der Waals surface area contributed by atoms with Crippen molar-refractivity contribution in [3.05, 3.63) is 0 Å². The number of aliphatic hydroxyl groups excluding tert-OH is 2. The minimum atomic E-state index is -0.690. The zero-order valence-electron chi connectivity index (χ0n) is 10.9. The van der Waals surface area contributed by atoms with Crippen LogP contribution in [0.25, 0.3) is 0 Å². The molecule has 2 unspecified atom stereocenters. The van der Waals surface area contributed by atoms with Crippen molar-refractivity contribution in [1.29, 1.82) is 0 Å². The van der Waals surface area contributed by atoms with E-state index in [1.54, 1.807) is 7.11 Å². The minimum Gasteiger partial charge on any atom is -0.390 e. The highest BCUT2D eigenvalue weighted by molar-refractivity contribution is 4.81. The summed E-state index contributed by atoms with van der Waals surface area (Å²) in [4.78, 5) is 0. The highest BCUT2D eigenvalue weighted by atomic mass is 16.5. The topological polar surface area (TPSA) is 49.7 Å². The van der Waals surface area contributed by atoms with Crippen molar-refractivity contribution in [3.63, 3.8) is 0 Å². The number of methoxy groups -OCH3 is 1. The van der Waals surface area contributed by atoms with Gasteiger partial charge in [0.05, 0.1) is 17.8 Å². The largest absolute Gasteiger partial charge is 0.390 e. The summed E-state index contributed by atoms with van der Waals surface area (Å²) in [5.74, 6) is 0. The molecule has 0 saturated carbocycles. The number of hydrogen-bond donors (Lipinski definition) is 2. The molecule has 0 fully saturated rings. The van der Waals surface area contributed by atoms with Crippen molar-refractivity contribution in [3.8, 4) is 0 Å². The molecule has 0 amide bonds. The van der Waals surface area contributed by atoms with Gasteiger partial charge in [-0.2, -0.15) is 0 Å². The normalized spacial score (nSPS) is 17.6. The van der Waals surface area contributed by atoms with E-state index in [1.165, 1.54) is 0 Å². The fourth-order valence-electron chi connectivity index (χ4n) is 1.33. The lowest BCUT2D eigenvalue weighted by molar-refractivity contribution is -0.0618. The van der Waals surface area contributed by atoms with Crippen molar-refractivity contribution in [2.45, 2.75) is 65.3 Å². The van der Waals surface area contributed by atoms with Crippen LogP contribution in [-0.4, -0.2) is 35.1 Å². The molecular weight excluding hydrogens is 192 g/mol. The van der Waals surface area contributed by atoms with Gasteiger partial charge in [0, 0.05) is 7.11 Å². The van der Waals surface area contributed by atoms with Gasteiger partial charge in [0.1, 0.15) is 0 Å². The van der Waals surface area contributed by atoms with Gasteiger partial charge in [0.15, 0.2) is 0 Å². The first-order valence-electron chi connectivity index (χ1n) is 5.51. The lowest BCUT2D eigenvalue weighted by Gasteiger charge is -2.32. The number of aliphatic hydroxyl groups is 2. The Morgan fingerprint density at radius 1 is 1.07 bits per heavy atom. The Hall–Kier alpha value is -0.120. The van der Waals surface area contributed by atoms with Gasteiger partial charge in [-0.25, -0.2) is 0 Å². The Kier molecular flexibility index (Phi) is 5.24. The van der Waals surface area contributed by atoms with E-state index in [4.69, 9.17) is 4.74 Å². The highest BCUT2D eigenvalue weighted by Gasteiger charge is 2.30. The third kappa shape index (κ3) is 5.50. The van der Waals surface area contributed by atoms with E-state index in [9.17, 15) is 10.2 Å². The third-order valence-electron chi connectivity index (χ3n) is 2.85. The zero-order valence-corrected chi connectivity index (χ0v) is 10.9. The van der Waals surface area contributed by atoms with Gasteiger partial charge in [0.25, 0.3) is 0 Å². The molecule has 3 heteroatoms. The first kappa shape index (κ1) is 14.9. The summed E-state index contributed by atoms with van der Waals surface area (Å²) in [6, 6.07) is 0. The van der Waals surface area contributed by atoms with E-state index in [0.717, 1.165) is 6.42 Å². The summed E-state index contributed by atoms with van der Waals surface area (Å²) >= 11 is 0. The molecule has 0 saturated heterocycles. The molecule has 3 nitrogen and oxygen atoms in total. The summed E-state index contributed by atoms with van der Waals surface area (Å²) in [6.07, 6.45) is -0.0820. The zero-order chi connectivity index (χ0) is 12.3. The average Bonchev–Trinajstić information content (AvgIpc) is 2.11. The van der Waals surface area contributed by atoms with Gasteiger partial charge in [0.2, 0.25) is 0 Å². The van der Waals surface area contributed by atoms with Crippen molar-refractivity contribution in [1.82, 2.24) is 0 Å². The van der Waals surface area contributed by atoms with Gasteiger partial charge in [-0.15, -0.1) is 0 Å². The van der Waals surface area contributed by atoms with Crippen LogP contribution in [-0.2, 0) is 4.74 Å². The van der Waals surface area contributed by atoms with Gasteiger partial charge in [-0.3, -0.25) is 0 Å². The van der Waals surface area contributed by atoms with E-state index in [1.807, 2.05) is 34.6 Å². The maximum atomic E-state index is 9.83. The second kappa shape index (κ2) is 5.28. The van der Waals surface area contributed by atoms with E-state index in [0.29, 0.717) is 6.42 Å². The molecule has 2 atom stereocenters. The fraction of sp³-hybridized carbons (Fsp3) is 1.00. The van der Waals surface area contributed by atoms with Crippen LogP contribution in [0, 0.1) is 5.41 Å². The third-order valence-corrected chi connectivity index (χ3v) is 2.85. The Balaban J connectivity index is 4.10. The molecule has 0 heterocycles. The monoisotopic (exact) mass is 218 g/mol. The van der Waals surface area contributed by atoms with E-state index >= 15 is 0 Å². The predicted octanol–water partition coefficient (Wildman–Crippen LogP) is 1.96. The van der Waals surface area contributed by atoms with Gasteiger partial charge in [-0.05, 0) is 32.1 Å². The van der Waals surface area contributed by atoms with Crippen LogP contribution in [0.4, 0.5) is 0 Å². The second-order valence-electron chi connectivity index (χ2n) is 5.88. The van der Waals surface area contributed by atoms with E-state index in [2.05, 4.69) is 0 Å². The van der Waals surface area contributed by atoms with E-state index in [-0.39, 0.29) is 11.0 Å². The molecule has 0 aromatic carbocycles. The van der Waals surface area contributed by atoms with Gasteiger partial charge >= 0.3 is 0 Å². The molecule has 0 radical (unpaired) electrons. The van der Waals surface area contributed by atoms with Crippen molar-refractivity contribution < 1.29 is 14.9 Å². The van der Waals surface area contributed by atoms with Crippen LogP contribution < -0.4 is 0 Å². The van der Waals surface area contributed by atoms with Crippen molar-refractivity contribution >= 4 is 0 Å². The maximum absolute atomic E-state index is 9.83. The highest BCUT2D eigenvalue weighted by Crippen LogP contribution is 2.25. The first-order valence-corrected chi connectivity index (χ1v) is 5.51. The second-order valence-corrected chi connectivity index (χ2v) is 5.88. The lowest BCUT2D eigenvalue weighted by Crippen LogP contribution is -2.39. The van der Waals surface area contributed by atoms with Crippen molar-refractivity contribution in [2.75, 3.05) is 7.11 Å². The smallest absolute Gasteiger partial charge is 0.0847 e. The molecule has 15 heavy (non-hydrogen) atoms. The minimum absolute atomic E-state index is 0.238. The summed E-state index contributed by atoms with van der Waals surface area (Å²) in [5, 5.41) is 19.6. The van der Waals surface area contributed by atoms with Crippen LogP contribution in [0.3, 0.4) is 0 Å². The van der Waals surface area contributed by atoms with Gasteiger partial charge < -0.3 is 14.9 Å². The number of ether oxygens (including phenoxy) is 1. The van der Waals surface area contributed by atoms with Crippen LogP contribution in [0.2, 0.25) is 0 Å². The van der Waals surface area contributed by atoms with E-state index < -0.39 is 12.2 Å². The summed E-state index contributed by atoms with van der Waals surface area (Å²) < 4.78 is 5.26. The summed E-state index contributed by atoms with van der Waals surface area (Å²) in [5.41, 5.74) is -0.519. The predicted molar refractivity (Wildman–Crippen MR) is 61.8 cm³/mol. The number of rotatable bonds is 5. The molecule has 0 aliphatic carbocycles. The molecule has 2 N–H and O–H groups in total. The Morgan fingerprint density at radius 3 is 1.87 bits per heavy atom. The molecule has 0 aromatic heterocycles. The average molecular weight is 218 g/mol. The van der Waals surface area contributed by atoms with Crippen LogP contribution in [0.15, 0.2) is 0 Å². The quantitative estimate of drug-likeness (QED) is 0.741. The SMILES string of the molecule is COC(C)(C)CCC(O)C(O)C(C)(C)C. The molecule has 0 rings (SSSR count). The first-order chi connectivity index (χ1) is 6.60. The Morgan fingerprint density at radius 2 is 1.53 bits per heavy atom. The summed E-state index contributed by atoms with van der Waals surface area (Å²) in [6.45, 7) is 9.71. The Labute approximate surface area is 93.5 Å². The molecular formula is C12H26O3. The molecule has 0 bridgehead atoms. The van der Waals surface area contributed by atoms with Gasteiger partial charge in [-0.1, -0.05) is 20.8 Å². The molecule has 92 valence electrons. The van der Waals surface area contributed by atoms with Crippen molar-refractivity contribution in [2.24, 2.45) is 5.41 Å². The fourth-order valence-corrected chi connectivity index (χ4v) is 1.33. The van der Waals surface area contributed by atoms with Crippen LogP contribution in [0.1, 0.15) is 47.5 Å².